The van der Waals surface area contributed by atoms with E-state index in [1.807, 2.05) is 12.1 Å². The molecule has 164 valence electrons. The summed E-state index contributed by atoms with van der Waals surface area (Å²) in [6.07, 6.45) is 0.267. The number of hydrazone groups is 1. The van der Waals surface area contributed by atoms with Crippen LogP contribution in [0.15, 0.2) is 47.6 Å². The van der Waals surface area contributed by atoms with Gasteiger partial charge < -0.3 is 10.4 Å². The van der Waals surface area contributed by atoms with E-state index in [0.29, 0.717) is 20.8 Å². The van der Waals surface area contributed by atoms with E-state index in [0.717, 1.165) is 5.56 Å². The van der Waals surface area contributed by atoms with Crippen molar-refractivity contribution in [3.8, 4) is 0 Å². The highest BCUT2D eigenvalue weighted by molar-refractivity contribution is 6.40. The average molecular weight is 483 g/mol. The molecule has 1 amide bonds. The van der Waals surface area contributed by atoms with Crippen molar-refractivity contribution in [2.45, 2.75) is 39.3 Å². The molecule has 2 N–H and O–H groups in total. The molecule has 1 heterocycles. The highest BCUT2D eigenvalue weighted by Gasteiger charge is 2.37. The molecule has 1 aliphatic heterocycles. The predicted octanol–water partition coefficient (Wildman–Crippen LogP) is 5.57. The Kier molecular flexibility index (Phi) is 6.84. The molecule has 0 fully saturated rings. The number of amides is 1. The largest absolute Gasteiger partial charge is 0.480 e. The zero-order valence-electron chi connectivity index (χ0n) is 17.2. The van der Waals surface area contributed by atoms with Gasteiger partial charge in [-0.05, 0) is 41.3 Å². The highest BCUT2D eigenvalue weighted by atomic mass is 35.5. The van der Waals surface area contributed by atoms with Crippen LogP contribution in [0.2, 0.25) is 15.1 Å². The molecule has 3 rings (SSSR count). The lowest BCUT2D eigenvalue weighted by molar-refractivity contribution is -0.144. The summed E-state index contributed by atoms with van der Waals surface area (Å²) in [6.45, 7) is 5.25. The first-order chi connectivity index (χ1) is 14.5. The Morgan fingerprint density at radius 2 is 1.71 bits per heavy atom. The number of hydrogen-bond donors (Lipinski definition) is 2. The van der Waals surface area contributed by atoms with Gasteiger partial charge in [0.25, 0.3) is 5.91 Å². The molecule has 2 atom stereocenters. The van der Waals surface area contributed by atoms with Crippen LogP contribution in [0.5, 0.6) is 0 Å². The SMILES string of the molecule is CC(C)(C)C(NC(=O)C1=NN(c2ccc(Cl)cc2Cl)C(c2ccc(Cl)cc2)C1)C(=O)O. The van der Waals surface area contributed by atoms with Crippen molar-refractivity contribution < 1.29 is 14.7 Å². The molecule has 2 aromatic carbocycles. The molecule has 0 radical (unpaired) electrons. The van der Waals surface area contributed by atoms with Crippen molar-refractivity contribution in [3.05, 3.63) is 63.1 Å². The molecule has 0 aromatic heterocycles. The van der Waals surface area contributed by atoms with Crippen molar-refractivity contribution in [2.24, 2.45) is 10.5 Å². The standard InChI is InChI=1S/C22H22Cl3N3O3/c1-22(2,3)19(21(30)31)26-20(29)16-11-18(12-4-6-13(23)7-5-12)28(27-16)17-9-8-14(24)10-15(17)25/h4-10,18-19H,11H2,1-3H3,(H,26,29)(H,30,31). The maximum atomic E-state index is 12.9. The Labute approximate surface area is 195 Å². The summed E-state index contributed by atoms with van der Waals surface area (Å²) in [6, 6.07) is 10.9. The fourth-order valence-corrected chi connectivity index (χ4v) is 3.97. The molecule has 31 heavy (non-hydrogen) atoms. The number of hydrogen-bond acceptors (Lipinski definition) is 4. The minimum Gasteiger partial charge on any atom is -0.480 e. The van der Waals surface area contributed by atoms with Gasteiger partial charge >= 0.3 is 5.97 Å². The Morgan fingerprint density at radius 3 is 2.26 bits per heavy atom. The molecule has 0 saturated carbocycles. The minimum atomic E-state index is -1.11. The van der Waals surface area contributed by atoms with Crippen LogP contribution in [0.25, 0.3) is 0 Å². The number of nitrogens with zero attached hydrogens (tertiary/aromatic N) is 2. The summed E-state index contributed by atoms with van der Waals surface area (Å²) >= 11 is 18.5. The number of anilines is 1. The van der Waals surface area contributed by atoms with Crippen molar-refractivity contribution >= 4 is 58.1 Å². The van der Waals surface area contributed by atoms with Gasteiger partial charge in [-0.25, -0.2) is 4.79 Å². The van der Waals surface area contributed by atoms with Crippen LogP contribution in [0.3, 0.4) is 0 Å². The van der Waals surface area contributed by atoms with Gasteiger partial charge in [0.1, 0.15) is 11.8 Å². The van der Waals surface area contributed by atoms with E-state index < -0.39 is 23.3 Å². The lowest BCUT2D eigenvalue weighted by Crippen LogP contribution is -2.50. The van der Waals surface area contributed by atoms with Crippen LogP contribution in [0.1, 0.15) is 38.8 Å². The van der Waals surface area contributed by atoms with E-state index >= 15 is 0 Å². The quantitative estimate of drug-likeness (QED) is 0.584. The fraction of sp³-hybridized carbons (Fsp3) is 0.318. The van der Waals surface area contributed by atoms with Crippen molar-refractivity contribution in [1.29, 1.82) is 0 Å². The van der Waals surface area contributed by atoms with Crippen LogP contribution in [0, 0.1) is 5.41 Å². The zero-order chi connectivity index (χ0) is 22.9. The number of aliphatic carboxylic acids is 1. The number of nitrogens with one attached hydrogen (secondary N) is 1. The summed E-state index contributed by atoms with van der Waals surface area (Å²) < 4.78 is 0. The van der Waals surface area contributed by atoms with Crippen LogP contribution < -0.4 is 10.3 Å². The molecule has 9 heteroatoms. The molecule has 2 aromatic rings. The van der Waals surface area contributed by atoms with Crippen LogP contribution in [-0.4, -0.2) is 28.7 Å². The molecular weight excluding hydrogens is 461 g/mol. The molecule has 0 aliphatic carbocycles. The Morgan fingerprint density at radius 1 is 1.10 bits per heavy atom. The van der Waals surface area contributed by atoms with Crippen molar-refractivity contribution in [1.82, 2.24) is 5.32 Å². The Hall–Kier alpha value is -2.28. The third kappa shape index (κ3) is 5.32. The number of rotatable bonds is 5. The number of halogens is 3. The maximum absolute atomic E-state index is 12.9. The number of benzene rings is 2. The lowest BCUT2D eigenvalue weighted by Gasteiger charge is -2.27. The average Bonchev–Trinajstić information content (AvgIpc) is 3.10. The van der Waals surface area contributed by atoms with E-state index in [9.17, 15) is 14.7 Å². The van der Waals surface area contributed by atoms with Gasteiger partial charge in [0.05, 0.1) is 16.8 Å². The van der Waals surface area contributed by atoms with Gasteiger partial charge in [-0.2, -0.15) is 5.10 Å². The van der Waals surface area contributed by atoms with E-state index in [-0.39, 0.29) is 18.2 Å². The second kappa shape index (κ2) is 9.07. The second-order valence-electron chi connectivity index (χ2n) is 8.37. The summed E-state index contributed by atoms with van der Waals surface area (Å²) in [4.78, 5) is 24.6. The first-order valence-electron chi connectivity index (χ1n) is 9.58. The number of carboxylic acid groups (broad SMARTS) is 1. The van der Waals surface area contributed by atoms with Crippen LogP contribution in [-0.2, 0) is 9.59 Å². The Balaban J connectivity index is 1.97. The molecule has 2 unspecified atom stereocenters. The zero-order valence-corrected chi connectivity index (χ0v) is 19.5. The first-order valence-corrected chi connectivity index (χ1v) is 10.7. The fourth-order valence-electron chi connectivity index (χ4n) is 3.34. The van der Waals surface area contributed by atoms with Crippen LogP contribution in [0.4, 0.5) is 5.69 Å². The predicted molar refractivity (Wildman–Crippen MR) is 124 cm³/mol. The van der Waals surface area contributed by atoms with E-state index in [2.05, 4.69) is 10.4 Å². The topological polar surface area (TPSA) is 82.0 Å². The molecule has 0 bridgehead atoms. The van der Waals surface area contributed by atoms with Gasteiger partial charge in [-0.3, -0.25) is 9.80 Å². The summed E-state index contributed by atoms with van der Waals surface area (Å²) in [5.41, 5.74) is 1.00. The lowest BCUT2D eigenvalue weighted by atomic mass is 9.86. The molecule has 6 nitrogen and oxygen atoms in total. The number of carbonyl (C=O) groups excluding carboxylic acids is 1. The number of carboxylic acids is 1. The van der Waals surface area contributed by atoms with Gasteiger partial charge in [0.2, 0.25) is 0 Å². The molecule has 0 saturated heterocycles. The smallest absolute Gasteiger partial charge is 0.326 e. The molecule has 1 aliphatic rings. The third-order valence-electron chi connectivity index (χ3n) is 4.97. The highest BCUT2D eigenvalue weighted by Crippen LogP contribution is 2.40. The van der Waals surface area contributed by atoms with Gasteiger partial charge in [0.15, 0.2) is 0 Å². The summed E-state index contributed by atoms with van der Waals surface area (Å²) in [7, 11) is 0. The number of carbonyl (C=O) groups is 2. The van der Waals surface area contributed by atoms with Gasteiger partial charge in [-0.1, -0.05) is 67.7 Å². The maximum Gasteiger partial charge on any atom is 0.326 e. The molecular formula is C22H22Cl3N3O3. The van der Waals surface area contributed by atoms with E-state index in [1.54, 1.807) is 56.1 Å². The monoisotopic (exact) mass is 481 g/mol. The summed E-state index contributed by atoms with van der Waals surface area (Å²) in [5, 5.41) is 19.8. The van der Waals surface area contributed by atoms with Crippen molar-refractivity contribution in [3.63, 3.8) is 0 Å². The van der Waals surface area contributed by atoms with Crippen molar-refractivity contribution in [2.75, 3.05) is 5.01 Å². The minimum absolute atomic E-state index is 0.210. The van der Waals surface area contributed by atoms with E-state index in [1.165, 1.54) is 0 Å². The summed E-state index contributed by atoms with van der Waals surface area (Å²) in [5.74, 6) is -1.64. The van der Waals surface area contributed by atoms with Gasteiger partial charge in [0, 0.05) is 16.5 Å². The molecule has 0 spiro atoms. The Bertz CT molecular complexity index is 1030. The first kappa shape index (κ1) is 23.4. The van der Waals surface area contributed by atoms with Gasteiger partial charge in [-0.15, -0.1) is 0 Å². The normalized spacial score (nSPS) is 17.3. The third-order valence-corrected chi connectivity index (χ3v) is 5.76. The van der Waals surface area contributed by atoms with Crippen LogP contribution >= 0.6 is 34.8 Å². The van der Waals surface area contributed by atoms with E-state index in [4.69, 9.17) is 34.8 Å². The second-order valence-corrected chi connectivity index (χ2v) is 9.65.